The smallest absolute Gasteiger partial charge is 0.190 e. The first-order valence-corrected chi connectivity index (χ1v) is 7.09. The van der Waals surface area contributed by atoms with Gasteiger partial charge in [-0.2, -0.15) is 0 Å². The molecule has 0 bridgehead atoms. The molecule has 2 fully saturated rings. The van der Waals surface area contributed by atoms with Crippen LogP contribution >= 0.6 is 0 Å². The first-order valence-electron chi connectivity index (χ1n) is 7.09. The number of rotatable bonds is 5. The van der Waals surface area contributed by atoms with Crippen molar-refractivity contribution in [3.63, 3.8) is 0 Å². The van der Waals surface area contributed by atoms with E-state index in [0.717, 1.165) is 0 Å². The predicted octanol–water partition coefficient (Wildman–Crippen LogP) is 1.97. The highest BCUT2D eigenvalue weighted by molar-refractivity contribution is 4.93. The van der Waals surface area contributed by atoms with Crippen LogP contribution in [0, 0.1) is 5.92 Å². The van der Waals surface area contributed by atoms with Gasteiger partial charge in [0, 0.05) is 0 Å². The summed E-state index contributed by atoms with van der Waals surface area (Å²) in [6.45, 7) is 8.91. The Morgan fingerprint density at radius 1 is 1.35 bits per heavy atom. The van der Waals surface area contributed by atoms with Crippen LogP contribution < -0.4 is 0 Å². The molecule has 2 aliphatic rings. The molecule has 2 rings (SSSR count). The van der Waals surface area contributed by atoms with E-state index in [2.05, 4.69) is 0 Å². The third-order valence-electron chi connectivity index (χ3n) is 3.42. The van der Waals surface area contributed by atoms with Crippen LogP contribution in [0.2, 0.25) is 0 Å². The van der Waals surface area contributed by atoms with Gasteiger partial charge in [-0.1, -0.05) is 6.92 Å². The Morgan fingerprint density at radius 2 is 2.00 bits per heavy atom. The van der Waals surface area contributed by atoms with Crippen LogP contribution in [0.5, 0.6) is 0 Å². The zero-order chi connectivity index (χ0) is 15.1. The second-order valence-electron chi connectivity index (χ2n) is 6.69. The van der Waals surface area contributed by atoms with E-state index >= 15 is 0 Å². The number of halogens is 1. The molecule has 0 aromatic heterocycles. The van der Waals surface area contributed by atoms with E-state index < -0.39 is 36.2 Å². The van der Waals surface area contributed by atoms with Gasteiger partial charge >= 0.3 is 0 Å². The van der Waals surface area contributed by atoms with Crippen molar-refractivity contribution in [2.75, 3.05) is 6.61 Å². The largest absolute Gasteiger partial charge is 0.366 e. The minimum Gasteiger partial charge on any atom is -0.366 e. The SMILES string of the molecule is C[C@@H](COC(C)(C)O)CC1O[C@@H]2OC(C)(C)O[C@@H]2[C@H]1F. The summed E-state index contributed by atoms with van der Waals surface area (Å²) in [5.74, 6) is -1.90. The standard InChI is InChI=1S/C14H25FO5/c1-8(7-17-13(2,3)16)6-9-10(15)11-12(18-9)20-14(4,5)19-11/h8-12,16H,6-7H2,1-5H3/t8-,9?,10+,11-,12-/m1/s1. The first-order chi connectivity index (χ1) is 9.07. The van der Waals surface area contributed by atoms with Gasteiger partial charge in [0.2, 0.25) is 0 Å². The highest BCUT2D eigenvalue weighted by Gasteiger charge is 2.55. The van der Waals surface area contributed by atoms with Gasteiger partial charge in [-0.25, -0.2) is 4.39 Å². The molecule has 2 saturated heterocycles. The maximum absolute atomic E-state index is 14.3. The molecule has 0 amide bonds. The lowest BCUT2D eigenvalue weighted by Gasteiger charge is -2.25. The Hall–Kier alpha value is -0.270. The normalized spacial score (nSPS) is 38.0. The van der Waals surface area contributed by atoms with Crippen molar-refractivity contribution in [3.8, 4) is 0 Å². The minimum atomic E-state index is -1.20. The van der Waals surface area contributed by atoms with E-state index in [-0.39, 0.29) is 5.92 Å². The number of hydrogen-bond acceptors (Lipinski definition) is 5. The zero-order valence-corrected chi connectivity index (χ0v) is 12.8. The molecule has 6 heteroatoms. The Kier molecular flexibility index (Phi) is 4.43. The molecule has 118 valence electrons. The molecule has 1 unspecified atom stereocenters. The number of aliphatic hydroxyl groups is 1. The van der Waals surface area contributed by atoms with Gasteiger partial charge in [-0.05, 0) is 40.0 Å². The topological polar surface area (TPSA) is 57.2 Å². The van der Waals surface area contributed by atoms with Gasteiger partial charge in [-0.15, -0.1) is 0 Å². The lowest BCUT2D eigenvalue weighted by molar-refractivity contribution is -0.215. The van der Waals surface area contributed by atoms with Crippen molar-refractivity contribution in [2.24, 2.45) is 5.92 Å². The number of fused-ring (bicyclic) bond motifs is 1. The fraction of sp³-hybridized carbons (Fsp3) is 1.00. The highest BCUT2D eigenvalue weighted by atomic mass is 19.1. The summed E-state index contributed by atoms with van der Waals surface area (Å²) in [6.07, 6.45) is -2.55. The Bertz CT molecular complexity index is 341. The summed E-state index contributed by atoms with van der Waals surface area (Å²) in [5.41, 5.74) is 0. The molecular weight excluding hydrogens is 267 g/mol. The van der Waals surface area contributed by atoms with Crippen LogP contribution in [0.25, 0.3) is 0 Å². The van der Waals surface area contributed by atoms with Gasteiger partial charge in [0.05, 0.1) is 12.7 Å². The molecule has 0 radical (unpaired) electrons. The van der Waals surface area contributed by atoms with E-state index in [9.17, 15) is 9.50 Å². The molecule has 20 heavy (non-hydrogen) atoms. The maximum atomic E-state index is 14.3. The number of hydrogen-bond donors (Lipinski definition) is 1. The van der Waals surface area contributed by atoms with Gasteiger partial charge in [0.15, 0.2) is 24.0 Å². The molecule has 0 aromatic rings. The third-order valence-corrected chi connectivity index (χ3v) is 3.42. The lowest BCUT2D eigenvalue weighted by Crippen LogP contribution is -2.33. The van der Waals surface area contributed by atoms with E-state index in [0.29, 0.717) is 13.0 Å². The Morgan fingerprint density at radius 3 is 2.55 bits per heavy atom. The summed E-state index contributed by atoms with van der Waals surface area (Å²) in [7, 11) is 0. The molecule has 1 N–H and O–H groups in total. The van der Waals surface area contributed by atoms with Crippen molar-refractivity contribution >= 4 is 0 Å². The molecule has 0 spiro atoms. The fourth-order valence-electron chi connectivity index (χ4n) is 2.53. The van der Waals surface area contributed by atoms with Crippen molar-refractivity contribution in [2.45, 2.75) is 77.3 Å². The van der Waals surface area contributed by atoms with Gasteiger partial charge in [0.1, 0.15) is 6.10 Å². The Balaban J connectivity index is 1.81. The number of alkyl halides is 1. The van der Waals surface area contributed by atoms with Crippen LogP contribution in [0.4, 0.5) is 4.39 Å². The molecule has 5 atom stereocenters. The van der Waals surface area contributed by atoms with Crippen LogP contribution in [-0.2, 0) is 18.9 Å². The average Bonchev–Trinajstić information content (AvgIpc) is 2.71. The minimum absolute atomic E-state index is 0.0662. The third kappa shape index (κ3) is 3.89. The summed E-state index contributed by atoms with van der Waals surface area (Å²) in [5, 5.41) is 9.50. The van der Waals surface area contributed by atoms with E-state index in [1.807, 2.05) is 6.92 Å². The van der Waals surface area contributed by atoms with Crippen molar-refractivity contribution in [1.82, 2.24) is 0 Å². The summed E-state index contributed by atoms with van der Waals surface area (Å²) in [4.78, 5) is 0. The molecule has 2 heterocycles. The lowest BCUT2D eigenvalue weighted by atomic mass is 10.0. The number of ether oxygens (including phenoxy) is 4. The van der Waals surface area contributed by atoms with Crippen LogP contribution in [0.3, 0.4) is 0 Å². The van der Waals surface area contributed by atoms with Gasteiger partial charge in [-0.3, -0.25) is 0 Å². The van der Waals surface area contributed by atoms with Crippen LogP contribution in [0.1, 0.15) is 41.0 Å². The monoisotopic (exact) mass is 292 g/mol. The van der Waals surface area contributed by atoms with Crippen LogP contribution in [0.15, 0.2) is 0 Å². The van der Waals surface area contributed by atoms with E-state index in [1.54, 1.807) is 27.7 Å². The molecule has 0 aromatic carbocycles. The second-order valence-corrected chi connectivity index (χ2v) is 6.69. The van der Waals surface area contributed by atoms with Crippen LogP contribution in [-0.4, -0.2) is 48.0 Å². The average molecular weight is 292 g/mol. The maximum Gasteiger partial charge on any atom is 0.190 e. The first kappa shape index (κ1) is 16.1. The molecule has 0 saturated carbocycles. The van der Waals surface area contributed by atoms with Crippen molar-refractivity contribution < 1.29 is 28.4 Å². The fourth-order valence-corrected chi connectivity index (χ4v) is 2.53. The summed E-state index contributed by atoms with van der Waals surface area (Å²) in [6, 6.07) is 0. The predicted molar refractivity (Wildman–Crippen MR) is 69.6 cm³/mol. The quantitative estimate of drug-likeness (QED) is 0.785. The highest BCUT2D eigenvalue weighted by Crippen LogP contribution is 2.40. The van der Waals surface area contributed by atoms with E-state index in [4.69, 9.17) is 18.9 Å². The van der Waals surface area contributed by atoms with Gasteiger partial charge < -0.3 is 24.1 Å². The Labute approximate surface area is 119 Å². The molecule has 0 aliphatic carbocycles. The summed E-state index contributed by atoms with van der Waals surface area (Å²) < 4.78 is 36.2. The van der Waals surface area contributed by atoms with Crippen molar-refractivity contribution in [1.29, 1.82) is 0 Å². The molecule has 5 nitrogen and oxygen atoms in total. The van der Waals surface area contributed by atoms with Gasteiger partial charge in [0.25, 0.3) is 0 Å². The summed E-state index contributed by atoms with van der Waals surface area (Å²) >= 11 is 0. The molecular formula is C14H25FO5. The van der Waals surface area contributed by atoms with Crippen molar-refractivity contribution in [3.05, 3.63) is 0 Å². The molecule has 2 aliphatic heterocycles. The van der Waals surface area contributed by atoms with E-state index in [1.165, 1.54) is 0 Å². The zero-order valence-electron chi connectivity index (χ0n) is 12.8. The second kappa shape index (κ2) is 5.50.